The molecular weight excluding hydrogens is 288 g/mol. The molecule has 0 heterocycles. The fourth-order valence-electron chi connectivity index (χ4n) is 1.91. The van der Waals surface area contributed by atoms with Gasteiger partial charge in [0.15, 0.2) is 5.78 Å². The van der Waals surface area contributed by atoms with Gasteiger partial charge in [0.05, 0.1) is 13.7 Å². The molecular formula is C17H17ClO3. The number of methoxy groups -OCH3 is 1. The summed E-state index contributed by atoms with van der Waals surface area (Å²) in [4.78, 5) is 12.2. The topological polar surface area (TPSA) is 35.5 Å². The van der Waals surface area contributed by atoms with E-state index in [2.05, 4.69) is 0 Å². The van der Waals surface area contributed by atoms with Crippen molar-refractivity contribution in [3.05, 3.63) is 64.7 Å². The van der Waals surface area contributed by atoms with E-state index in [1.807, 2.05) is 24.3 Å². The zero-order chi connectivity index (χ0) is 15.2. The molecule has 0 bridgehead atoms. The lowest BCUT2D eigenvalue weighted by Crippen LogP contribution is -2.20. The standard InChI is InChI=1S/C17H17ClO3/c1-12(17(19)14-6-8-15(18)9-7-14)21-11-13-4-3-5-16(10-13)20-2/h3-10,12H,11H2,1-2H3. The Hall–Kier alpha value is -1.84. The Morgan fingerprint density at radius 1 is 1.19 bits per heavy atom. The maximum Gasteiger partial charge on any atom is 0.191 e. The molecule has 0 amide bonds. The van der Waals surface area contributed by atoms with Crippen molar-refractivity contribution in [2.75, 3.05) is 7.11 Å². The second-order valence-corrected chi connectivity index (χ2v) is 5.11. The molecule has 0 radical (unpaired) electrons. The van der Waals surface area contributed by atoms with Crippen LogP contribution in [0.1, 0.15) is 22.8 Å². The Labute approximate surface area is 129 Å². The Kier molecular flexibility index (Phi) is 5.37. The third kappa shape index (κ3) is 4.31. The van der Waals surface area contributed by atoms with Gasteiger partial charge in [-0.3, -0.25) is 4.79 Å². The van der Waals surface area contributed by atoms with E-state index >= 15 is 0 Å². The van der Waals surface area contributed by atoms with Gasteiger partial charge in [0.25, 0.3) is 0 Å². The van der Waals surface area contributed by atoms with Gasteiger partial charge in [-0.05, 0) is 48.9 Å². The predicted molar refractivity (Wildman–Crippen MR) is 83.0 cm³/mol. The molecule has 0 saturated heterocycles. The number of ketones is 1. The van der Waals surface area contributed by atoms with Crippen molar-refractivity contribution in [3.63, 3.8) is 0 Å². The average Bonchev–Trinajstić information content (AvgIpc) is 2.53. The molecule has 0 spiro atoms. The molecule has 0 fully saturated rings. The number of halogens is 1. The molecule has 4 heteroatoms. The summed E-state index contributed by atoms with van der Waals surface area (Å²) >= 11 is 5.81. The molecule has 0 aliphatic carbocycles. The maximum atomic E-state index is 12.2. The molecule has 0 N–H and O–H groups in total. The lowest BCUT2D eigenvalue weighted by atomic mass is 10.1. The van der Waals surface area contributed by atoms with Gasteiger partial charge < -0.3 is 9.47 Å². The molecule has 21 heavy (non-hydrogen) atoms. The van der Waals surface area contributed by atoms with Crippen LogP contribution in [0.4, 0.5) is 0 Å². The van der Waals surface area contributed by atoms with Gasteiger partial charge in [0.1, 0.15) is 11.9 Å². The first-order valence-electron chi connectivity index (χ1n) is 6.64. The fraction of sp³-hybridized carbons (Fsp3) is 0.235. The molecule has 1 atom stereocenters. The van der Waals surface area contributed by atoms with Crippen LogP contribution < -0.4 is 4.74 Å². The summed E-state index contributed by atoms with van der Waals surface area (Å²) in [5, 5.41) is 0.608. The van der Waals surface area contributed by atoms with E-state index in [-0.39, 0.29) is 5.78 Å². The van der Waals surface area contributed by atoms with Crippen LogP contribution in [0, 0.1) is 0 Å². The van der Waals surface area contributed by atoms with Crippen molar-refractivity contribution >= 4 is 17.4 Å². The summed E-state index contributed by atoms with van der Waals surface area (Å²) in [5.41, 5.74) is 1.56. The summed E-state index contributed by atoms with van der Waals surface area (Å²) in [6.45, 7) is 2.11. The van der Waals surface area contributed by atoms with Gasteiger partial charge in [0.2, 0.25) is 0 Å². The highest BCUT2D eigenvalue weighted by atomic mass is 35.5. The van der Waals surface area contributed by atoms with Crippen LogP contribution in [0.3, 0.4) is 0 Å². The first kappa shape index (κ1) is 15.5. The Balaban J connectivity index is 1.96. The molecule has 1 unspecified atom stereocenters. The van der Waals surface area contributed by atoms with Crippen LogP contribution in [0.25, 0.3) is 0 Å². The fourth-order valence-corrected chi connectivity index (χ4v) is 2.03. The van der Waals surface area contributed by atoms with E-state index in [0.29, 0.717) is 17.2 Å². The van der Waals surface area contributed by atoms with E-state index < -0.39 is 6.10 Å². The maximum absolute atomic E-state index is 12.2. The van der Waals surface area contributed by atoms with Crippen molar-refractivity contribution < 1.29 is 14.3 Å². The normalized spacial score (nSPS) is 12.0. The molecule has 0 aromatic heterocycles. The quantitative estimate of drug-likeness (QED) is 0.753. The average molecular weight is 305 g/mol. The minimum Gasteiger partial charge on any atom is -0.497 e. The first-order chi connectivity index (χ1) is 10.1. The molecule has 0 aliphatic heterocycles. The number of rotatable bonds is 6. The van der Waals surface area contributed by atoms with E-state index in [4.69, 9.17) is 21.1 Å². The zero-order valence-electron chi connectivity index (χ0n) is 12.0. The first-order valence-corrected chi connectivity index (χ1v) is 7.02. The number of carbonyl (C=O) groups is 1. The second-order valence-electron chi connectivity index (χ2n) is 4.68. The minimum atomic E-state index is -0.516. The molecule has 110 valence electrons. The summed E-state index contributed by atoms with van der Waals surface area (Å²) < 4.78 is 10.8. The number of ether oxygens (including phenoxy) is 2. The monoisotopic (exact) mass is 304 g/mol. The molecule has 2 aromatic rings. The Bertz CT molecular complexity index is 608. The Morgan fingerprint density at radius 2 is 1.90 bits per heavy atom. The number of hydrogen-bond acceptors (Lipinski definition) is 3. The number of carbonyl (C=O) groups excluding carboxylic acids is 1. The molecule has 3 nitrogen and oxygen atoms in total. The Morgan fingerprint density at radius 3 is 2.57 bits per heavy atom. The lowest BCUT2D eigenvalue weighted by Gasteiger charge is -2.12. The van der Waals surface area contributed by atoms with Crippen molar-refractivity contribution in [1.29, 1.82) is 0 Å². The van der Waals surface area contributed by atoms with Crippen molar-refractivity contribution in [3.8, 4) is 5.75 Å². The van der Waals surface area contributed by atoms with Gasteiger partial charge in [-0.15, -0.1) is 0 Å². The number of hydrogen-bond donors (Lipinski definition) is 0. The van der Waals surface area contributed by atoms with E-state index in [0.717, 1.165) is 11.3 Å². The van der Waals surface area contributed by atoms with E-state index in [1.165, 1.54) is 0 Å². The highest BCUT2D eigenvalue weighted by Gasteiger charge is 2.15. The van der Waals surface area contributed by atoms with Crippen LogP contribution in [0.15, 0.2) is 48.5 Å². The second kappa shape index (κ2) is 7.25. The van der Waals surface area contributed by atoms with Crippen LogP contribution in [0.2, 0.25) is 5.02 Å². The van der Waals surface area contributed by atoms with Gasteiger partial charge in [-0.2, -0.15) is 0 Å². The molecule has 2 rings (SSSR count). The third-order valence-corrected chi connectivity index (χ3v) is 3.38. The summed E-state index contributed by atoms with van der Waals surface area (Å²) in [7, 11) is 1.62. The van der Waals surface area contributed by atoms with E-state index in [9.17, 15) is 4.79 Å². The summed E-state index contributed by atoms with van der Waals surface area (Å²) in [5.74, 6) is 0.711. The summed E-state index contributed by atoms with van der Waals surface area (Å²) in [6, 6.07) is 14.4. The highest BCUT2D eigenvalue weighted by molar-refractivity contribution is 6.30. The zero-order valence-corrected chi connectivity index (χ0v) is 12.8. The van der Waals surface area contributed by atoms with Gasteiger partial charge >= 0.3 is 0 Å². The number of benzene rings is 2. The molecule has 0 aliphatic rings. The largest absolute Gasteiger partial charge is 0.497 e. The minimum absolute atomic E-state index is 0.0606. The van der Waals surface area contributed by atoms with Crippen LogP contribution in [0.5, 0.6) is 5.75 Å². The predicted octanol–water partition coefficient (Wildman–Crippen LogP) is 4.14. The van der Waals surface area contributed by atoms with Crippen molar-refractivity contribution in [2.45, 2.75) is 19.6 Å². The van der Waals surface area contributed by atoms with Gasteiger partial charge in [-0.1, -0.05) is 23.7 Å². The SMILES string of the molecule is COc1cccc(COC(C)C(=O)c2ccc(Cl)cc2)c1. The van der Waals surface area contributed by atoms with E-state index in [1.54, 1.807) is 38.3 Å². The van der Waals surface area contributed by atoms with Crippen LogP contribution in [-0.2, 0) is 11.3 Å². The van der Waals surface area contributed by atoms with Gasteiger partial charge in [-0.25, -0.2) is 0 Å². The molecule has 2 aromatic carbocycles. The van der Waals surface area contributed by atoms with Crippen molar-refractivity contribution in [1.82, 2.24) is 0 Å². The third-order valence-electron chi connectivity index (χ3n) is 3.13. The lowest BCUT2D eigenvalue weighted by molar-refractivity contribution is 0.0412. The summed E-state index contributed by atoms with van der Waals surface area (Å²) in [6.07, 6.45) is -0.516. The van der Waals surface area contributed by atoms with Crippen LogP contribution in [-0.4, -0.2) is 19.0 Å². The number of Topliss-reactive ketones (excluding diaryl/α,β-unsaturated/α-hetero) is 1. The molecule has 0 saturated carbocycles. The smallest absolute Gasteiger partial charge is 0.191 e. The van der Waals surface area contributed by atoms with Crippen molar-refractivity contribution in [2.24, 2.45) is 0 Å². The van der Waals surface area contributed by atoms with Gasteiger partial charge in [0, 0.05) is 10.6 Å². The van der Waals surface area contributed by atoms with Crippen LogP contribution >= 0.6 is 11.6 Å². The highest BCUT2D eigenvalue weighted by Crippen LogP contribution is 2.16.